The highest BCUT2D eigenvalue weighted by atomic mass is 16.2. The van der Waals surface area contributed by atoms with E-state index in [1.54, 1.807) is 18.2 Å². The van der Waals surface area contributed by atoms with Crippen LogP contribution in [0, 0.1) is 5.92 Å². The lowest BCUT2D eigenvalue weighted by molar-refractivity contribution is 0.0532. The van der Waals surface area contributed by atoms with Gasteiger partial charge in [0.2, 0.25) is 0 Å². The van der Waals surface area contributed by atoms with Gasteiger partial charge in [0.05, 0.1) is 11.0 Å². The SMILES string of the molecule is C[C@H]1CCCN(C(=O)c2ccc3[nH]c(=O)c(=O)[nH]c3c2)[C@@H]1CN. The molecular formula is C16H20N4O3. The zero-order chi connectivity index (χ0) is 16.6. The fourth-order valence-corrected chi connectivity index (χ4v) is 3.27. The fourth-order valence-electron chi connectivity index (χ4n) is 3.27. The first-order valence-electron chi connectivity index (χ1n) is 7.78. The van der Waals surface area contributed by atoms with Crippen molar-refractivity contribution in [3.05, 3.63) is 44.5 Å². The Balaban J connectivity index is 1.98. The maximum absolute atomic E-state index is 12.8. The first kappa shape index (κ1) is 15.5. The van der Waals surface area contributed by atoms with Gasteiger partial charge in [0, 0.05) is 24.7 Å². The maximum Gasteiger partial charge on any atom is 0.314 e. The Bertz CT molecular complexity index is 854. The summed E-state index contributed by atoms with van der Waals surface area (Å²) in [7, 11) is 0. The van der Waals surface area contributed by atoms with Crippen molar-refractivity contribution in [2.75, 3.05) is 13.1 Å². The highest BCUT2D eigenvalue weighted by molar-refractivity contribution is 5.97. The Hall–Kier alpha value is -2.41. The summed E-state index contributed by atoms with van der Waals surface area (Å²) in [5, 5.41) is 0. The van der Waals surface area contributed by atoms with Gasteiger partial charge < -0.3 is 20.6 Å². The molecule has 2 aromatic rings. The van der Waals surface area contributed by atoms with Gasteiger partial charge in [-0.25, -0.2) is 0 Å². The third-order valence-corrected chi connectivity index (χ3v) is 4.59. The number of hydrogen-bond acceptors (Lipinski definition) is 4. The van der Waals surface area contributed by atoms with Crippen molar-refractivity contribution in [2.24, 2.45) is 11.7 Å². The predicted octanol–water partition coefficient (Wildman–Crippen LogP) is 0.416. The molecule has 0 aliphatic carbocycles. The van der Waals surface area contributed by atoms with Gasteiger partial charge in [-0.1, -0.05) is 6.92 Å². The van der Waals surface area contributed by atoms with Crippen LogP contribution in [0.3, 0.4) is 0 Å². The van der Waals surface area contributed by atoms with Crippen LogP contribution in [0.2, 0.25) is 0 Å². The number of fused-ring (bicyclic) bond motifs is 1. The monoisotopic (exact) mass is 316 g/mol. The van der Waals surface area contributed by atoms with Crippen LogP contribution >= 0.6 is 0 Å². The first-order valence-corrected chi connectivity index (χ1v) is 7.78. The summed E-state index contributed by atoms with van der Waals surface area (Å²) < 4.78 is 0. The number of nitrogens with zero attached hydrogens (tertiary/aromatic N) is 1. The Morgan fingerprint density at radius 1 is 1.26 bits per heavy atom. The van der Waals surface area contributed by atoms with Crippen LogP contribution in [0.4, 0.5) is 0 Å². The molecule has 122 valence electrons. The third-order valence-electron chi connectivity index (χ3n) is 4.59. The molecule has 23 heavy (non-hydrogen) atoms. The summed E-state index contributed by atoms with van der Waals surface area (Å²) in [5.41, 5.74) is 5.83. The normalized spacial score (nSPS) is 21.6. The predicted molar refractivity (Wildman–Crippen MR) is 87.5 cm³/mol. The summed E-state index contributed by atoms with van der Waals surface area (Å²) in [6.45, 7) is 3.23. The molecule has 1 aromatic carbocycles. The molecule has 1 aliphatic heterocycles. The van der Waals surface area contributed by atoms with E-state index in [9.17, 15) is 14.4 Å². The molecule has 0 saturated carbocycles. The number of benzene rings is 1. The molecule has 2 atom stereocenters. The molecular weight excluding hydrogens is 296 g/mol. The average Bonchev–Trinajstić information content (AvgIpc) is 2.54. The minimum atomic E-state index is -0.728. The van der Waals surface area contributed by atoms with Gasteiger partial charge in [0.25, 0.3) is 5.91 Å². The number of carbonyl (C=O) groups excluding carboxylic acids is 1. The van der Waals surface area contributed by atoms with Gasteiger partial charge in [-0.05, 0) is 37.0 Å². The van der Waals surface area contributed by atoms with Gasteiger partial charge >= 0.3 is 11.1 Å². The Labute approximate surface area is 132 Å². The van der Waals surface area contributed by atoms with Gasteiger partial charge in [0.15, 0.2) is 0 Å². The van der Waals surface area contributed by atoms with Gasteiger partial charge in [0.1, 0.15) is 0 Å². The fraction of sp³-hybridized carbons (Fsp3) is 0.438. The molecule has 3 rings (SSSR count). The zero-order valence-electron chi connectivity index (χ0n) is 13.0. The maximum atomic E-state index is 12.8. The molecule has 2 heterocycles. The van der Waals surface area contributed by atoms with E-state index in [2.05, 4.69) is 16.9 Å². The number of nitrogens with one attached hydrogen (secondary N) is 2. The third kappa shape index (κ3) is 2.79. The summed E-state index contributed by atoms with van der Waals surface area (Å²) in [6.07, 6.45) is 2.03. The van der Waals surface area contributed by atoms with Crippen LogP contribution in [-0.2, 0) is 0 Å². The number of nitrogens with two attached hydrogens (primary N) is 1. The van der Waals surface area contributed by atoms with Crippen LogP contribution in [0.1, 0.15) is 30.1 Å². The van der Waals surface area contributed by atoms with E-state index in [4.69, 9.17) is 5.73 Å². The van der Waals surface area contributed by atoms with Gasteiger partial charge in [-0.15, -0.1) is 0 Å². The lowest BCUT2D eigenvalue weighted by atomic mass is 9.90. The lowest BCUT2D eigenvalue weighted by Gasteiger charge is -2.39. The van der Waals surface area contributed by atoms with E-state index in [0.717, 1.165) is 12.8 Å². The van der Waals surface area contributed by atoms with Crippen LogP contribution in [0.5, 0.6) is 0 Å². The number of carbonyl (C=O) groups is 1. The molecule has 1 amide bonds. The number of hydrogen-bond donors (Lipinski definition) is 3. The summed E-state index contributed by atoms with van der Waals surface area (Å²) >= 11 is 0. The van der Waals surface area contributed by atoms with E-state index in [1.165, 1.54) is 0 Å². The van der Waals surface area contributed by atoms with E-state index in [1.807, 2.05) is 4.90 Å². The van der Waals surface area contributed by atoms with Crippen molar-refractivity contribution in [1.82, 2.24) is 14.9 Å². The van der Waals surface area contributed by atoms with Crippen LogP contribution < -0.4 is 16.9 Å². The molecule has 1 fully saturated rings. The Morgan fingerprint density at radius 2 is 1.96 bits per heavy atom. The van der Waals surface area contributed by atoms with Crippen molar-refractivity contribution >= 4 is 16.9 Å². The van der Waals surface area contributed by atoms with Crippen molar-refractivity contribution in [3.8, 4) is 0 Å². The number of likely N-dealkylation sites (tertiary alicyclic amines) is 1. The van der Waals surface area contributed by atoms with E-state index < -0.39 is 11.1 Å². The quantitative estimate of drug-likeness (QED) is 0.697. The van der Waals surface area contributed by atoms with Crippen LogP contribution in [0.15, 0.2) is 27.8 Å². The number of aromatic nitrogens is 2. The minimum Gasteiger partial charge on any atom is -0.334 e. The number of amides is 1. The van der Waals surface area contributed by atoms with E-state index >= 15 is 0 Å². The van der Waals surface area contributed by atoms with Crippen molar-refractivity contribution < 1.29 is 4.79 Å². The Morgan fingerprint density at radius 3 is 2.65 bits per heavy atom. The molecule has 0 radical (unpaired) electrons. The summed E-state index contributed by atoms with van der Waals surface area (Å²) in [6, 6.07) is 4.92. The second-order valence-corrected chi connectivity index (χ2v) is 6.09. The van der Waals surface area contributed by atoms with Crippen molar-refractivity contribution in [2.45, 2.75) is 25.8 Å². The second kappa shape index (κ2) is 6.00. The molecule has 0 unspecified atom stereocenters. The molecule has 7 heteroatoms. The lowest BCUT2D eigenvalue weighted by Crippen LogP contribution is -2.51. The minimum absolute atomic E-state index is 0.0292. The molecule has 4 N–H and O–H groups in total. The van der Waals surface area contributed by atoms with Crippen LogP contribution in [0.25, 0.3) is 11.0 Å². The van der Waals surface area contributed by atoms with Crippen LogP contribution in [-0.4, -0.2) is 39.9 Å². The van der Waals surface area contributed by atoms with Crippen molar-refractivity contribution in [3.63, 3.8) is 0 Å². The Kier molecular flexibility index (Phi) is 4.04. The molecule has 0 bridgehead atoms. The standard InChI is InChI=1S/C16H20N4O3/c1-9-3-2-6-20(13(9)8-17)16(23)10-4-5-11-12(7-10)19-15(22)14(21)18-11/h4-5,7,9,13H,2-3,6,8,17H2,1H3,(H,18,21)(H,19,22)/t9-,13+/m0/s1. The van der Waals surface area contributed by atoms with Crippen molar-refractivity contribution in [1.29, 1.82) is 0 Å². The highest BCUT2D eigenvalue weighted by Crippen LogP contribution is 2.24. The number of piperidine rings is 1. The molecule has 1 saturated heterocycles. The van der Waals surface area contributed by atoms with E-state index in [-0.39, 0.29) is 11.9 Å². The van der Waals surface area contributed by atoms with Gasteiger partial charge in [-0.3, -0.25) is 14.4 Å². The topological polar surface area (TPSA) is 112 Å². The molecule has 1 aromatic heterocycles. The molecule has 0 spiro atoms. The number of aromatic amines is 2. The zero-order valence-corrected chi connectivity index (χ0v) is 13.0. The first-order chi connectivity index (χ1) is 11.0. The number of rotatable bonds is 2. The number of H-pyrrole nitrogens is 2. The molecule has 1 aliphatic rings. The molecule has 7 nitrogen and oxygen atoms in total. The van der Waals surface area contributed by atoms with Gasteiger partial charge in [-0.2, -0.15) is 0 Å². The smallest absolute Gasteiger partial charge is 0.314 e. The average molecular weight is 316 g/mol. The highest BCUT2D eigenvalue weighted by Gasteiger charge is 2.31. The largest absolute Gasteiger partial charge is 0.334 e. The van der Waals surface area contributed by atoms with E-state index in [0.29, 0.717) is 35.6 Å². The second-order valence-electron chi connectivity index (χ2n) is 6.09. The summed E-state index contributed by atoms with van der Waals surface area (Å²) in [5.74, 6) is 0.273. The summed E-state index contributed by atoms with van der Waals surface area (Å²) in [4.78, 5) is 42.4.